The molecule has 0 rings (SSSR count). The predicted octanol–water partition coefficient (Wildman–Crippen LogP) is 1.27. The lowest BCUT2D eigenvalue weighted by molar-refractivity contribution is -0.459. The molecule has 2 amide bonds. The predicted molar refractivity (Wildman–Crippen MR) is 117 cm³/mol. The van der Waals surface area contributed by atoms with Gasteiger partial charge in [-0.2, -0.15) is 0 Å². The van der Waals surface area contributed by atoms with Crippen LogP contribution in [0, 0.1) is 0 Å². The second kappa shape index (κ2) is 15.9. The summed E-state index contributed by atoms with van der Waals surface area (Å²) in [4.78, 5) is 27.4. The first-order chi connectivity index (χ1) is 13.7. The smallest absolute Gasteiger partial charge is 0.408 e. The first-order valence-corrected chi connectivity index (χ1v) is 11.0. The van der Waals surface area contributed by atoms with Crippen molar-refractivity contribution in [2.45, 2.75) is 104 Å². The van der Waals surface area contributed by atoms with Gasteiger partial charge in [-0.3, -0.25) is 21.3 Å². The molecule has 0 aromatic rings. The number of ether oxygens (including phenoxy) is 1. The van der Waals surface area contributed by atoms with Crippen molar-refractivity contribution < 1.29 is 19.3 Å². The Morgan fingerprint density at radius 3 is 2.10 bits per heavy atom. The second-order valence-corrected chi connectivity index (χ2v) is 8.49. The largest absolute Gasteiger partial charge is 0.444 e. The van der Waals surface area contributed by atoms with Gasteiger partial charge in [-0.1, -0.05) is 51.9 Å². The van der Waals surface area contributed by atoms with Gasteiger partial charge < -0.3 is 15.4 Å². The van der Waals surface area contributed by atoms with Crippen LogP contribution in [0.4, 0.5) is 4.79 Å². The van der Waals surface area contributed by atoms with Crippen molar-refractivity contribution in [3.8, 4) is 0 Å². The van der Waals surface area contributed by atoms with E-state index in [2.05, 4.69) is 22.5 Å². The lowest BCUT2D eigenvalue weighted by Gasteiger charge is -2.23. The third-order valence-corrected chi connectivity index (χ3v) is 4.34. The van der Waals surface area contributed by atoms with E-state index in [0.717, 1.165) is 12.8 Å². The molecule has 0 aliphatic heterocycles. The Kier molecular flexibility index (Phi) is 14.8. The molecule has 0 fully saturated rings. The highest BCUT2D eigenvalue weighted by Crippen LogP contribution is 2.09. The van der Waals surface area contributed by atoms with Crippen molar-refractivity contribution in [1.29, 1.82) is 0 Å². The van der Waals surface area contributed by atoms with E-state index < -0.39 is 17.7 Å². The van der Waals surface area contributed by atoms with Crippen molar-refractivity contribution in [2.75, 3.05) is 13.1 Å². The lowest BCUT2D eigenvalue weighted by atomic mass is 10.1. The molecule has 29 heavy (non-hydrogen) atoms. The molecule has 0 aliphatic rings. The molecule has 0 aromatic heterocycles. The Morgan fingerprint density at radius 2 is 1.55 bits per heavy atom. The maximum Gasteiger partial charge on any atom is 0.408 e. The van der Waals surface area contributed by atoms with Crippen molar-refractivity contribution in [3.05, 3.63) is 0 Å². The number of amides is 2. The van der Waals surface area contributed by atoms with Crippen LogP contribution in [0.3, 0.4) is 0 Å². The highest BCUT2D eigenvalue weighted by atomic mass is 16.6. The van der Waals surface area contributed by atoms with Gasteiger partial charge in [0.15, 0.2) is 0 Å². The number of hydrogen-bond acceptors (Lipinski definition) is 3. The molecule has 0 saturated heterocycles. The minimum absolute atomic E-state index is 0.140. The summed E-state index contributed by atoms with van der Waals surface area (Å²) in [5.74, 6) is -0.0516. The van der Waals surface area contributed by atoms with Crippen molar-refractivity contribution in [1.82, 2.24) is 10.6 Å². The molecule has 0 saturated carbocycles. The zero-order valence-corrected chi connectivity index (χ0v) is 18.9. The maximum atomic E-state index is 12.5. The van der Waals surface area contributed by atoms with Crippen molar-refractivity contribution >= 4 is 18.0 Å². The summed E-state index contributed by atoms with van der Waals surface area (Å²) in [6.07, 6.45) is 10.2. The highest BCUT2D eigenvalue weighted by molar-refractivity contribution is 5.85. The van der Waals surface area contributed by atoms with Crippen molar-refractivity contribution in [2.24, 2.45) is 11.5 Å². The van der Waals surface area contributed by atoms with Crippen LogP contribution in [-0.2, 0) is 9.53 Å². The zero-order chi connectivity index (χ0) is 22.1. The summed E-state index contributed by atoms with van der Waals surface area (Å²) in [6, 6.07) is -0.653. The van der Waals surface area contributed by atoms with E-state index in [4.69, 9.17) is 16.2 Å². The Balaban J connectivity index is 4.30. The number of unbranched alkanes of at least 4 members (excludes halogenated alkanes) is 7. The molecule has 1 atom stereocenters. The Labute approximate surface area is 176 Å². The average molecular weight is 415 g/mol. The molecule has 0 bridgehead atoms. The Hall–Kier alpha value is -1.99. The normalized spacial score (nSPS) is 12.1. The van der Waals surface area contributed by atoms with Crippen LogP contribution in [-0.4, -0.2) is 42.7 Å². The van der Waals surface area contributed by atoms with Crippen molar-refractivity contribution in [3.63, 3.8) is 0 Å². The Bertz CT molecular complexity index is 485. The first-order valence-electron chi connectivity index (χ1n) is 11.0. The fourth-order valence-corrected chi connectivity index (χ4v) is 2.85. The molecule has 0 aliphatic carbocycles. The fourth-order valence-electron chi connectivity index (χ4n) is 2.85. The first kappa shape index (κ1) is 27.0. The van der Waals surface area contributed by atoms with E-state index in [1.165, 1.54) is 38.5 Å². The number of rotatable bonds is 15. The minimum Gasteiger partial charge on any atom is -0.444 e. The molecule has 0 radical (unpaired) electrons. The highest BCUT2D eigenvalue weighted by Gasteiger charge is 2.23. The van der Waals surface area contributed by atoms with Crippen LogP contribution in [0.2, 0.25) is 0 Å². The monoisotopic (exact) mass is 414 g/mol. The van der Waals surface area contributed by atoms with E-state index in [9.17, 15) is 9.59 Å². The van der Waals surface area contributed by atoms with Crippen LogP contribution < -0.4 is 27.1 Å². The van der Waals surface area contributed by atoms with E-state index in [1.54, 1.807) is 20.8 Å². The van der Waals surface area contributed by atoms with Gasteiger partial charge in [0.1, 0.15) is 11.6 Å². The van der Waals surface area contributed by atoms with Gasteiger partial charge in [-0.15, -0.1) is 0 Å². The number of alkyl carbamates (subject to hydrolysis) is 1. The lowest BCUT2D eigenvalue weighted by Crippen LogP contribution is -2.78. The number of carbonyl (C=O) groups excluding carboxylic acids is 2. The second-order valence-electron chi connectivity index (χ2n) is 8.49. The maximum absolute atomic E-state index is 12.5. The van der Waals surface area contributed by atoms with Gasteiger partial charge in [-0.25, -0.2) is 4.79 Å². The molecular formula is C21H44N5O3+. The minimum atomic E-state index is -0.653. The number of carbonyl (C=O) groups is 2. The summed E-state index contributed by atoms with van der Waals surface area (Å²) in [5.41, 5.74) is 10.1. The van der Waals surface area contributed by atoms with E-state index in [1.807, 2.05) is 0 Å². The third kappa shape index (κ3) is 17.8. The number of nitrogens with two attached hydrogens (primary N) is 2. The van der Waals surface area contributed by atoms with Crippen LogP contribution in [0.1, 0.15) is 91.9 Å². The van der Waals surface area contributed by atoms with Gasteiger partial charge in [0.05, 0.1) is 6.54 Å². The Morgan fingerprint density at radius 1 is 0.966 bits per heavy atom. The number of nitrogens with one attached hydrogen (secondary N) is 3. The number of hydrogen-bond donors (Lipinski definition) is 5. The van der Waals surface area contributed by atoms with Crippen LogP contribution >= 0.6 is 0 Å². The summed E-state index contributed by atoms with van der Waals surface area (Å²) >= 11 is 0. The van der Waals surface area contributed by atoms with Gasteiger partial charge in [-0.05, 0) is 40.0 Å². The summed E-state index contributed by atoms with van der Waals surface area (Å²) in [5, 5.41) is 5.60. The van der Waals surface area contributed by atoms with E-state index >= 15 is 0 Å². The fraction of sp³-hybridized carbons (Fsp3) is 0.857. The molecule has 8 nitrogen and oxygen atoms in total. The van der Waals surface area contributed by atoms with E-state index in [-0.39, 0.29) is 11.9 Å². The molecular weight excluding hydrogens is 370 g/mol. The zero-order valence-electron chi connectivity index (χ0n) is 18.9. The van der Waals surface area contributed by atoms with Gasteiger partial charge in [0.2, 0.25) is 5.91 Å². The van der Waals surface area contributed by atoms with Crippen LogP contribution in [0.5, 0.6) is 0 Å². The van der Waals surface area contributed by atoms with E-state index in [0.29, 0.717) is 25.9 Å². The van der Waals surface area contributed by atoms with Gasteiger partial charge in [0.25, 0.3) is 0 Å². The molecule has 7 N–H and O–H groups in total. The third-order valence-electron chi connectivity index (χ3n) is 4.34. The van der Waals surface area contributed by atoms with Crippen LogP contribution in [0.25, 0.3) is 0 Å². The summed E-state index contributed by atoms with van der Waals surface area (Å²) in [6.45, 7) is 8.72. The molecule has 8 heteroatoms. The molecule has 0 spiro atoms. The molecule has 170 valence electrons. The van der Waals surface area contributed by atoms with Gasteiger partial charge >= 0.3 is 12.1 Å². The molecule has 1 unspecified atom stereocenters. The SMILES string of the molecule is CCCCCCCCCCNC(=O)C(CCC[NH+]=C(N)N)NC(=O)OC(C)(C)C. The summed E-state index contributed by atoms with van der Waals surface area (Å²) < 4.78 is 5.27. The number of guanidine groups is 1. The topological polar surface area (TPSA) is 133 Å². The molecule has 0 aromatic carbocycles. The van der Waals surface area contributed by atoms with Crippen LogP contribution in [0.15, 0.2) is 0 Å². The van der Waals surface area contributed by atoms with Gasteiger partial charge in [0, 0.05) is 6.54 Å². The standard InChI is InChI=1S/C21H43N5O3/c1-5-6-7-8-9-10-11-12-15-24-18(27)17(14-13-16-25-19(22)23)26-20(28)29-21(2,3)4/h17H,5-16H2,1-4H3,(H,24,27)(H,26,28)(H4,22,23,25)/p+1. The molecule has 0 heterocycles. The summed E-state index contributed by atoms with van der Waals surface area (Å²) in [7, 11) is 0. The quantitative estimate of drug-likeness (QED) is 0.156. The average Bonchev–Trinajstić information content (AvgIpc) is 2.61.